The Morgan fingerprint density at radius 2 is 1.95 bits per heavy atom. The monoisotopic (exact) mass is 252 g/mol. The van der Waals surface area contributed by atoms with Crippen molar-refractivity contribution in [1.29, 1.82) is 0 Å². The standard InChI is InChI=1S/C15H9FN2O/c16-11-5-2-7-13-14(11)10-4-1-6-12(15(10)19-13)18-9-3-8-17-18/h1-9H. The van der Waals surface area contributed by atoms with E-state index in [1.54, 1.807) is 23.0 Å². The van der Waals surface area contributed by atoms with Crippen molar-refractivity contribution in [2.45, 2.75) is 0 Å². The molecule has 0 aliphatic carbocycles. The zero-order chi connectivity index (χ0) is 12.8. The van der Waals surface area contributed by atoms with E-state index in [9.17, 15) is 4.39 Å². The molecule has 0 saturated carbocycles. The molecule has 0 bridgehead atoms. The Kier molecular flexibility index (Phi) is 2.00. The van der Waals surface area contributed by atoms with Gasteiger partial charge in [-0.3, -0.25) is 0 Å². The van der Waals surface area contributed by atoms with E-state index in [2.05, 4.69) is 5.10 Å². The molecule has 4 heteroatoms. The molecule has 0 N–H and O–H groups in total. The molecule has 92 valence electrons. The van der Waals surface area contributed by atoms with Gasteiger partial charge in [0.25, 0.3) is 0 Å². The molecule has 2 heterocycles. The summed E-state index contributed by atoms with van der Waals surface area (Å²) in [6.07, 6.45) is 3.53. The Bertz CT molecular complexity index is 878. The predicted octanol–water partition coefficient (Wildman–Crippen LogP) is 3.91. The summed E-state index contributed by atoms with van der Waals surface area (Å²) in [5, 5.41) is 5.48. The fraction of sp³-hybridized carbons (Fsp3) is 0. The topological polar surface area (TPSA) is 31.0 Å². The molecule has 2 aromatic carbocycles. The molecule has 0 aliphatic heterocycles. The van der Waals surface area contributed by atoms with Crippen LogP contribution in [0.5, 0.6) is 0 Å². The van der Waals surface area contributed by atoms with E-state index in [1.165, 1.54) is 6.07 Å². The molecule has 0 radical (unpaired) electrons. The summed E-state index contributed by atoms with van der Waals surface area (Å²) in [7, 11) is 0. The SMILES string of the molecule is Fc1cccc2oc3c(-n4cccn4)cccc3c12. The number of nitrogens with zero attached hydrogens (tertiary/aromatic N) is 2. The fourth-order valence-electron chi connectivity index (χ4n) is 2.38. The quantitative estimate of drug-likeness (QED) is 0.514. The third kappa shape index (κ3) is 1.40. The predicted molar refractivity (Wildman–Crippen MR) is 70.8 cm³/mol. The first-order valence-corrected chi connectivity index (χ1v) is 5.94. The summed E-state index contributed by atoms with van der Waals surface area (Å²) in [6.45, 7) is 0. The van der Waals surface area contributed by atoms with Crippen LogP contribution in [0.3, 0.4) is 0 Å². The van der Waals surface area contributed by atoms with Gasteiger partial charge in [-0.1, -0.05) is 18.2 Å². The Morgan fingerprint density at radius 3 is 2.79 bits per heavy atom. The Hall–Kier alpha value is -2.62. The van der Waals surface area contributed by atoms with Crippen molar-refractivity contribution in [3.63, 3.8) is 0 Å². The van der Waals surface area contributed by atoms with Gasteiger partial charge in [-0.2, -0.15) is 5.10 Å². The number of rotatable bonds is 1. The molecule has 0 aliphatic rings. The van der Waals surface area contributed by atoms with Crippen LogP contribution in [-0.2, 0) is 0 Å². The van der Waals surface area contributed by atoms with Crippen molar-refractivity contribution >= 4 is 21.9 Å². The molecule has 19 heavy (non-hydrogen) atoms. The molecule has 0 amide bonds. The largest absolute Gasteiger partial charge is 0.454 e. The number of furan rings is 1. The zero-order valence-corrected chi connectivity index (χ0v) is 9.88. The van der Waals surface area contributed by atoms with E-state index in [-0.39, 0.29) is 5.82 Å². The first kappa shape index (κ1) is 10.3. The third-order valence-corrected chi connectivity index (χ3v) is 3.20. The van der Waals surface area contributed by atoms with Crippen LogP contribution in [0.15, 0.2) is 59.3 Å². The van der Waals surface area contributed by atoms with E-state index in [1.807, 2.05) is 30.5 Å². The normalized spacial score (nSPS) is 11.4. The molecule has 0 unspecified atom stereocenters. The third-order valence-electron chi connectivity index (χ3n) is 3.20. The fourth-order valence-corrected chi connectivity index (χ4v) is 2.38. The molecule has 2 aromatic heterocycles. The number of halogens is 1. The second-order valence-corrected chi connectivity index (χ2v) is 4.32. The maximum absolute atomic E-state index is 13.9. The van der Waals surface area contributed by atoms with Crippen molar-refractivity contribution in [3.05, 3.63) is 60.7 Å². The van der Waals surface area contributed by atoms with E-state index < -0.39 is 0 Å². The van der Waals surface area contributed by atoms with Gasteiger partial charge in [0.15, 0.2) is 5.58 Å². The van der Waals surface area contributed by atoms with Gasteiger partial charge in [0.1, 0.15) is 17.1 Å². The van der Waals surface area contributed by atoms with Crippen LogP contribution in [0, 0.1) is 5.82 Å². The molecule has 0 fully saturated rings. The molecule has 3 nitrogen and oxygen atoms in total. The maximum Gasteiger partial charge on any atom is 0.161 e. The van der Waals surface area contributed by atoms with E-state index in [0.29, 0.717) is 16.6 Å². The van der Waals surface area contributed by atoms with Crippen LogP contribution in [0.25, 0.3) is 27.6 Å². The average molecular weight is 252 g/mol. The minimum Gasteiger partial charge on any atom is -0.454 e. The Labute approximate surface area is 107 Å². The first-order valence-electron chi connectivity index (χ1n) is 5.94. The van der Waals surface area contributed by atoms with Crippen molar-refractivity contribution in [3.8, 4) is 5.69 Å². The lowest BCUT2D eigenvalue weighted by Crippen LogP contribution is -1.93. The second kappa shape index (κ2) is 3.68. The molecule has 4 aromatic rings. The summed E-state index contributed by atoms with van der Waals surface area (Å²) in [6, 6.07) is 12.3. The summed E-state index contributed by atoms with van der Waals surface area (Å²) in [4.78, 5) is 0. The molecule has 4 rings (SSSR count). The lowest BCUT2D eigenvalue weighted by atomic mass is 10.1. The highest BCUT2D eigenvalue weighted by Crippen LogP contribution is 2.33. The highest BCUT2D eigenvalue weighted by Gasteiger charge is 2.14. The summed E-state index contributed by atoms with van der Waals surface area (Å²) < 4.78 is 21.4. The number of hydrogen-bond acceptors (Lipinski definition) is 2. The first-order chi connectivity index (χ1) is 9.34. The minimum atomic E-state index is -0.270. The maximum atomic E-state index is 13.9. The van der Waals surface area contributed by atoms with Gasteiger partial charge in [0.05, 0.1) is 5.39 Å². The number of hydrogen-bond donors (Lipinski definition) is 0. The van der Waals surface area contributed by atoms with Gasteiger partial charge in [0.2, 0.25) is 0 Å². The lowest BCUT2D eigenvalue weighted by molar-refractivity contribution is 0.633. The van der Waals surface area contributed by atoms with E-state index in [4.69, 9.17) is 4.42 Å². The van der Waals surface area contributed by atoms with Gasteiger partial charge in [-0.05, 0) is 24.3 Å². The average Bonchev–Trinajstić information content (AvgIpc) is 3.05. The van der Waals surface area contributed by atoms with E-state index >= 15 is 0 Å². The smallest absolute Gasteiger partial charge is 0.161 e. The van der Waals surface area contributed by atoms with Crippen LogP contribution in [-0.4, -0.2) is 9.78 Å². The molecule has 0 spiro atoms. The highest BCUT2D eigenvalue weighted by molar-refractivity contribution is 6.07. The van der Waals surface area contributed by atoms with Crippen LogP contribution >= 0.6 is 0 Å². The van der Waals surface area contributed by atoms with Crippen LogP contribution in [0.1, 0.15) is 0 Å². The minimum absolute atomic E-state index is 0.270. The number of para-hydroxylation sites is 1. The Balaban J connectivity index is 2.18. The van der Waals surface area contributed by atoms with Gasteiger partial charge < -0.3 is 4.42 Å². The Morgan fingerprint density at radius 1 is 1.05 bits per heavy atom. The van der Waals surface area contributed by atoms with Gasteiger partial charge in [0, 0.05) is 17.8 Å². The lowest BCUT2D eigenvalue weighted by Gasteiger charge is -2.01. The van der Waals surface area contributed by atoms with Crippen molar-refractivity contribution in [2.24, 2.45) is 0 Å². The van der Waals surface area contributed by atoms with Crippen LogP contribution < -0.4 is 0 Å². The van der Waals surface area contributed by atoms with Crippen molar-refractivity contribution < 1.29 is 8.81 Å². The number of fused-ring (bicyclic) bond motifs is 3. The van der Waals surface area contributed by atoms with Crippen LogP contribution in [0.4, 0.5) is 4.39 Å². The second-order valence-electron chi connectivity index (χ2n) is 4.32. The highest BCUT2D eigenvalue weighted by atomic mass is 19.1. The van der Waals surface area contributed by atoms with Gasteiger partial charge >= 0.3 is 0 Å². The summed E-state index contributed by atoms with van der Waals surface area (Å²) >= 11 is 0. The summed E-state index contributed by atoms with van der Waals surface area (Å²) in [5.74, 6) is -0.270. The molecule has 0 atom stereocenters. The van der Waals surface area contributed by atoms with Gasteiger partial charge in [-0.15, -0.1) is 0 Å². The number of benzene rings is 2. The number of aromatic nitrogens is 2. The molecular formula is C15H9FN2O. The van der Waals surface area contributed by atoms with Gasteiger partial charge in [-0.25, -0.2) is 9.07 Å². The molecular weight excluding hydrogens is 243 g/mol. The summed E-state index contributed by atoms with van der Waals surface area (Å²) in [5.41, 5.74) is 2.00. The van der Waals surface area contributed by atoms with Crippen molar-refractivity contribution in [2.75, 3.05) is 0 Å². The van der Waals surface area contributed by atoms with Crippen LogP contribution in [0.2, 0.25) is 0 Å². The zero-order valence-electron chi connectivity index (χ0n) is 9.88. The molecule has 0 saturated heterocycles. The van der Waals surface area contributed by atoms with E-state index in [0.717, 1.165) is 11.1 Å². The van der Waals surface area contributed by atoms with Crippen molar-refractivity contribution in [1.82, 2.24) is 9.78 Å².